The standard InChI is InChI=1S/C29H28FN5O4S/c30-22-12-18(14-31)4-5-20(22)17-39-27-3-1-2-23(32-27)19-6-9-34(10-7-19)16-26-33-28-24(13-25(40-28)29(36)37)35(26)15-21-8-11-38-21/h1-5,12-13,19,21H,6-11,15-17H2,(H,36,37)/t21-/m0/s1. The molecular weight excluding hydrogens is 533 g/mol. The van der Waals surface area contributed by atoms with Gasteiger partial charge in [0.1, 0.15) is 28.0 Å². The number of pyridine rings is 1. The number of benzene rings is 1. The molecule has 2 aliphatic heterocycles. The molecule has 40 heavy (non-hydrogen) atoms. The second-order valence-electron chi connectivity index (χ2n) is 10.2. The van der Waals surface area contributed by atoms with Crippen molar-refractivity contribution in [3.05, 3.63) is 75.8 Å². The van der Waals surface area contributed by atoms with Gasteiger partial charge < -0.3 is 19.1 Å². The summed E-state index contributed by atoms with van der Waals surface area (Å²) in [6, 6.07) is 13.7. The van der Waals surface area contributed by atoms with Crippen molar-refractivity contribution in [2.24, 2.45) is 0 Å². The molecule has 0 spiro atoms. The first kappa shape index (κ1) is 26.4. The van der Waals surface area contributed by atoms with E-state index in [0.717, 1.165) is 60.8 Å². The van der Waals surface area contributed by atoms with E-state index < -0.39 is 11.8 Å². The summed E-state index contributed by atoms with van der Waals surface area (Å²) in [5.41, 5.74) is 2.48. The Morgan fingerprint density at radius 1 is 1.20 bits per heavy atom. The largest absolute Gasteiger partial charge is 0.477 e. The Hall–Kier alpha value is -3.85. The van der Waals surface area contributed by atoms with Crippen LogP contribution >= 0.6 is 11.3 Å². The molecule has 4 aromatic rings. The van der Waals surface area contributed by atoms with Gasteiger partial charge in [0.15, 0.2) is 0 Å². The van der Waals surface area contributed by atoms with E-state index in [9.17, 15) is 14.3 Å². The van der Waals surface area contributed by atoms with Crippen LogP contribution in [0.5, 0.6) is 5.88 Å². The van der Waals surface area contributed by atoms with Crippen molar-refractivity contribution in [3.8, 4) is 11.9 Å². The number of hydrogen-bond acceptors (Lipinski definition) is 8. The number of hydrogen-bond donors (Lipinski definition) is 1. The number of thiophene rings is 1. The Balaban J connectivity index is 1.08. The molecule has 1 N–H and O–H groups in total. The summed E-state index contributed by atoms with van der Waals surface area (Å²) in [5, 5.41) is 18.3. The third kappa shape index (κ3) is 5.56. The average Bonchev–Trinajstić information content (AvgIpc) is 3.49. The van der Waals surface area contributed by atoms with Crippen LogP contribution < -0.4 is 4.74 Å². The van der Waals surface area contributed by atoms with Gasteiger partial charge in [0.25, 0.3) is 0 Å². The quantitative estimate of drug-likeness (QED) is 0.305. The molecule has 0 bridgehead atoms. The number of nitriles is 1. The highest BCUT2D eigenvalue weighted by atomic mass is 32.1. The first-order chi connectivity index (χ1) is 19.5. The van der Waals surface area contributed by atoms with Gasteiger partial charge in [0, 0.05) is 29.8 Å². The Kier molecular flexibility index (Phi) is 7.47. The van der Waals surface area contributed by atoms with Crippen LogP contribution in [-0.4, -0.2) is 56.3 Å². The van der Waals surface area contributed by atoms with Crippen molar-refractivity contribution in [3.63, 3.8) is 0 Å². The highest BCUT2D eigenvalue weighted by molar-refractivity contribution is 7.20. The van der Waals surface area contributed by atoms with Crippen molar-refractivity contribution in [1.29, 1.82) is 5.26 Å². The number of likely N-dealkylation sites (tertiary alicyclic amines) is 1. The molecule has 0 amide bonds. The first-order valence-electron chi connectivity index (χ1n) is 13.3. The minimum Gasteiger partial charge on any atom is -0.477 e. The lowest BCUT2D eigenvalue weighted by molar-refractivity contribution is -0.0592. The predicted octanol–water partition coefficient (Wildman–Crippen LogP) is 4.95. The summed E-state index contributed by atoms with van der Waals surface area (Å²) in [6.07, 6.45) is 3.01. The van der Waals surface area contributed by atoms with Crippen molar-refractivity contribution in [2.75, 3.05) is 19.7 Å². The molecule has 11 heteroatoms. The number of ether oxygens (including phenoxy) is 2. The van der Waals surface area contributed by atoms with Crippen LogP contribution in [0.4, 0.5) is 4.39 Å². The summed E-state index contributed by atoms with van der Waals surface area (Å²) in [5.74, 6) is 0.282. The maximum atomic E-state index is 14.2. The van der Waals surface area contributed by atoms with Crippen LogP contribution in [0.25, 0.3) is 10.3 Å². The number of aromatic nitrogens is 3. The summed E-state index contributed by atoms with van der Waals surface area (Å²) in [6.45, 7) is 3.94. The van der Waals surface area contributed by atoms with E-state index in [1.807, 2.05) is 18.2 Å². The minimum atomic E-state index is -0.928. The maximum Gasteiger partial charge on any atom is 0.346 e. The van der Waals surface area contributed by atoms with E-state index in [1.165, 1.54) is 17.4 Å². The highest BCUT2D eigenvalue weighted by Gasteiger charge is 2.27. The molecule has 5 heterocycles. The fourth-order valence-electron chi connectivity index (χ4n) is 5.23. The molecule has 9 nitrogen and oxygen atoms in total. The zero-order chi connectivity index (χ0) is 27.6. The van der Waals surface area contributed by atoms with Gasteiger partial charge in [-0.05, 0) is 56.6 Å². The van der Waals surface area contributed by atoms with Gasteiger partial charge in [-0.3, -0.25) is 4.90 Å². The van der Waals surface area contributed by atoms with Gasteiger partial charge in [-0.25, -0.2) is 19.2 Å². The molecule has 3 aromatic heterocycles. The molecule has 206 valence electrons. The lowest BCUT2D eigenvalue weighted by Gasteiger charge is -2.32. The van der Waals surface area contributed by atoms with Crippen LogP contribution in [0, 0.1) is 17.1 Å². The van der Waals surface area contributed by atoms with E-state index in [1.54, 1.807) is 24.3 Å². The number of piperidine rings is 1. The average molecular weight is 562 g/mol. The van der Waals surface area contributed by atoms with E-state index in [-0.39, 0.29) is 24.2 Å². The lowest BCUT2D eigenvalue weighted by atomic mass is 9.93. The SMILES string of the molecule is N#Cc1ccc(COc2cccc(C3CCN(Cc4nc5sc(C(=O)O)cc5n4C[C@@H]4CCO4)CC3)n2)c(F)c1. The van der Waals surface area contributed by atoms with Crippen molar-refractivity contribution in [1.82, 2.24) is 19.4 Å². The van der Waals surface area contributed by atoms with Gasteiger partial charge in [-0.15, -0.1) is 11.3 Å². The van der Waals surface area contributed by atoms with Crippen molar-refractivity contribution >= 4 is 27.7 Å². The molecule has 2 fully saturated rings. The smallest absolute Gasteiger partial charge is 0.346 e. The van der Waals surface area contributed by atoms with Crippen molar-refractivity contribution < 1.29 is 23.8 Å². The number of carboxylic acid groups (broad SMARTS) is 1. The van der Waals surface area contributed by atoms with Crippen molar-refractivity contribution in [2.45, 2.75) is 51.0 Å². The second-order valence-corrected chi connectivity index (χ2v) is 11.2. The fourth-order valence-corrected chi connectivity index (χ4v) is 6.13. The molecule has 0 aliphatic carbocycles. The number of nitrogens with zero attached hydrogens (tertiary/aromatic N) is 5. The Bertz CT molecular complexity index is 1580. The monoisotopic (exact) mass is 561 g/mol. The van der Waals surface area contributed by atoms with Gasteiger partial charge in [0.2, 0.25) is 5.88 Å². The van der Waals surface area contributed by atoms with Gasteiger partial charge in [0.05, 0.1) is 36.3 Å². The molecule has 0 saturated carbocycles. The van der Waals surface area contributed by atoms with Gasteiger partial charge >= 0.3 is 5.97 Å². The molecule has 1 atom stereocenters. The zero-order valence-corrected chi connectivity index (χ0v) is 22.6. The molecule has 0 radical (unpaired) electrons. The van der Waals surface area contributed by atoms with Crippen LogP contribution in [0.1, 0.15) is 57.5 Å². The molecule has 2 aliphatic rings. The summed E-state index contributed by atoms with van der Waals surface area (Å²) >= 11 is 1.21. The normalized spacial score (nSPS) is 17.9. The Labute approximate surface area is 234 Å². The maximum absolute atomic E-state index is 14.2. The molecule has 0 unspecified atom stereocenters. The fraction of sp³-hybridized carbons (Fsp3) is 0.379. The van der Waals surface area contributed by atoms with Crippen LogP contribution in [0.15, 0.2) is 42.5 Å². The predicted molar refractivity (Wildman–Crippen MR) is 146 cm³/mol. The summed E-state index contributed by atoms with van der Waals surface area (Å²) in [4.78, 5) is 24.4. The minimum absolute atomic E-state index is 0.0381. The van der Waals surface area contributed by atoms with Crippen LogP contribution in [-0.2, 0) is 24.4 Å². The summed E-state index contributed by atoms with van der Waals surface area (Å²) < 4.78 is 27.8. The number of carboxylic acids is 1. The number of aromatic carboxylic acids is 1. The molecule has 6 rings (SSSR count). The number of carbonyl (C=O) groups is 1. The zero-order valence-electron chi connectivity index (χ0n) is 21.8. The van der Waals surface area contributed by atoms with E-state index >= 15 is 0 Å². The molecular formula is C29H28FN5O4S. The van der Waals surface area contributed by atoms with Gasteiger partial charge in [-0.2, -0.15) is 5.26 Å². The Morgan fingerprint density at radius 3 is 2.73 bits per heavy atom. The third-order valence-corrected chi connectivity index (χ3v) is 8.60. The molecule has 1 aromatic carbocycles. The van der Waals surface area contributed by atoms with E-state index in [0.29, 0.717) is 29.4 Å². The number of halogens is 1. The second kappa shape index (κ2) is 11.3. The number of rotatable bonds is 9. The third-order valence-electron chi connectivity index (χ3n) is 7.59. The highest BCUT2D eigenvalue weighted by Crippen LogP contribution is 2.31. The number of fused-ring (bicyclic) bond motifs is 1. The lowest BCUT2D eigenvalue weighted by Crippen LogP contribution is -2.35. The Morgan fingerprint density at radius 2 is 2.02 bits per heavy atom. The van der Waals surface area contributed by atoms with Crippen LogP contribution in [0.2, 0.25) is 0 Å². The van der Waals surface area contributed by atoms with Gasteiger partial charge in [-0.1, -0.05) is 12.1 Å². The van der Waals surface area contributed by atoms with E-state index in [2.05, 4.69) is 9.47 Å². The summed E-state index contributed by atoms with van der Waals surface area (Å²) in [7, 11) is 0. The van der Waals surface area contributed by atoms with Crippen LogP contribution in [0.3, 0.4) is 0 Å². The number of imidazole rings is 1. The topological polar surface area (TPSA) is 114 Å². The van der Waals surface area contributed by atoms with E-state index in [4.69, 9.17) is 24.7 Å². The molecule has 2 saturated heterocycles. The first-order valence-corrected chi connectivity index (χ1v) is 14.1.